The van der Waals surface area contributed by atoms with E-state index in [0.29, 0.717) is 54.5 Å². The van der Waals surface area contributed by atoms with Gasteiger partial charge in [-0.1, -0.05) is 18.2 Å². The normalized spacial score (nSPS) is 13.3. The highest BCUT2D eigenvalue weighted by molar-refractivity contribution is 5.94. The molecule has 1 aliphatic rings. The number of amides is 1. The third kappa shape index (κ3) is 6.03. The molecule has 0 saturated carbocycles. The summed E-state index contributed by atoms with van der Waals surface area (Å²) in [5.74, 6) is -0.313. The van der Waals surface area contributed by atoms with E-state index in [1.54, 1.807) is 41.3 Å². The Hall–Kier alpha value is -4.20. The molecule has 0 spiro atoms. The summed E-state index contributed by atoms with van der Waals surface area (Å²) in [7, 11) is 0. The zero-order valence-electron chi connectivity index (χ0n) is 19.3. The van der Waals surface area contributed by atoms with Crippen molar-refractivity contribution >= 4 is 23.3 Å². The Morgan fingerprint density at radius 3 is 2.09 bits per heavy atom. The van der Waals surface area contributed by atoms with Crippen LogP contribution in [0.3, 0.4) is 0 Å². The van der Waals surface area contributed by atoms with Crippen LogP contribution in [0.15, 0.2) is 72.8 Å². The number of nitrogens with zero attached hydrogens (tertiary/aromatic N) is 2. The van der Waals surface area contributed by atoms with Crippen molar-refractivity contribution in [1.29, 1.82) is 0 Å². The number of Topliss-reactive ketones (excluding diaryl/α,β-unsaturated/α-hetero) is 1. The maximum absolute atomic E-state index is 14.4. The molecule has 0 aliphatic carbocycles. The zero-order chi connectivity index (χ0) is 24.8. The first-order chi connectivity index (χ1) is 16.9. The molecule has 1 saturated heterocycles. The van der Waals surface area contributed by atoms with Crippen LogP contribution in [0, 0.1) is 5.82 Å². The van der Waals surface area contributed by atoms with Crippen LogP contribution < -0.4 is 9.64 Å². The lowest BCUT2D eigenvalue weighted by Crippen LogP contribution is -2.50. The van der Waals surface area contributed by atoms with Crippen molar-refractivity contribution in [2.24, 2.45) is 0 Å². The zero-order valence-corrected chi connectivity index (χ0v) is 19.3. The monoisotopic (exact) mass is 476 g/mol. The third-order valence-electron chi connectivity index (χ3n) is 5.72. The molecule has 4 rings (SSSR count). The van der Waals surface area contributed by atoms with Crippen LogP contribution >= 0.6 is 0 Å². The van der Waals surface area contributed by atoms with E-state index in [4.69, 9.17) is 9.47 Å². The van der Waals surface area contributed by atoms with Crippen molar-refractivity contribution < 1.29 is 28.2 Å². The first-order valence-corrected chi connectivity index (χ1v) is 11.2. The topological polar surface area (TPSA) is 76.2 Å². The van der Waals surface area contributed by atoms with E-state index in [-0.39, 0.29) is 18.3 Å². The van der Waals surface area contributed by atoms with Crippen LogP contribution in [0.25, 0.3) is 0 Å². The van der Waals surface area contributed by atoms with Gasteiger partial charge in [-0.2, -0.15) is 0 Å². The number of halogens is 1. The molecule has 1 fully saturated rings. The minimum Gasteiger partial charge on any atom is -0.457 e. The molecule has 1 aliphatic heterocycles. The van der Waals surface area contributed by atoms with Gasteiger partial charge in [0.2, 0.25) is 0 Å². The van der Waals surface area contributed by atoms with Gasteiger partial charge in [0.25, 0.3) is 5.91 Å². The van der Waals surface area contributed by atoms with Gasteiger partial charge in [-0.15, -0.1) is 0 Å². The lowest BCUT2D eigenvalue weighted by molar-refractivity contribution is -0.134. The van der Waals surface area contributed by atoms with Gasteiger partial charge in [0, 0.05) is 31.7 Å². The quantitative estimate of drug-likeness (QED) is 0.373. The number of benzene rings is 3. The van der Waals surface area contributed by atoms with Crippen LogP contribution in [-0.2, 0) is 9.53 Å². The number of hydrogen-bond acceptors (Lipinski definition) is 6. The summed E-state index contributed by atoms with van der Waals surface area (Å²) < 4.78 is 25.3. The molecular formula is C27H25FN2O5. The summed E-state index contributed by atoms with van der Waals surface area (Å²) in [6.07, 6.45) is 0. The third-order valence-corrected chi connectivity index (χ3v) is 5.72. The van der Waals surface area contributed by atoms with Crippen LogP contribution in [0.1, 0.15) is 27.6 Å². The first-order valence-electron chi connectivity index (χ1n) is 11.2. The van der Waals surface area contributed by atoms with Crippen molar-refractivity contribution in [3.8, 4) is 11.5 Å². The van der Waals surface area contributed by atoms with Gasteiger partial charge in [-0.3, -0.25) is 9.59 Å². The highest BCUT2D eigenvalue weighted by atomic mass is 19.1. The van der Waals surface area contributed by atoms with E-state index in [0.717, 1.165) is 0 Å². The molecule has 0 unspecified atom stereocenters. The average Bonchev–Trinajstić information content (AvgIpc) is 2.88. The number of rotatable bonds is 7. The summed E-state index contributed by atoms with van der Waals surface area (Å²) in [4.78, 5) is 39.7. The van der Waals surface area contributed by atoms with E-state index < -0.39 is 11.8 Å². The average molecular weight is 477 g/mol. The van der Waals surface area contributed by atoms with Crippen LogP contribution in [0.5, 0.6) is 11.5 Å². The highest BCUT2D eigenvalue weighted by Gasteiger charge is 2.24. The van der Waals surface area contributed by atoms with E-state index in [1.807, 2.05) is 35.2 Å². The van der Waals surface area contributed by atoms with Gasteiger partial charge in [0.15, 0.2) is 12.4 Å². The molecule has 0 atom stereocenters. The Kier molecular flexibility index (Phi) is 7.40. The molecule has 0 bridgehead atoms. The van der Waals surface area contributed by atoms with Gasteiger partial charge in [-0.05, 0) is 61.5 Å². The molecule has 1 heterocycles. The van der Waals surface area contributed by atoms with Gasteiger partial charge in [0.1, 0.15) is 17.3 Å². The summed E-state index contributed by atoms with van der Waals surface area (Å²) in [5.41, 5.74) is 1.03. The smallest absolute Gasteiger partial charge is 0.338 e. The summed E-state index contributed by atoms with van der Waals surface area (Å²) >= 11 is 0. The molecule has 7 nitrogen and oxygen atoms in total. The van der Waals surface area contributed by atoms with Crippen molar-refractivity contribution in [3.05, 3.63) is 89.7 Å². The predicted octanol–water partition coefficient (Wildman–Crippen LogP) is 4.33. The number of hydrogen-bond donors (Lipinski definition) is 0. The van der Waals surface area contributed by atoms with Crippen molar-refractivity contribution in [3.63, 3.8) is 0 Å². The molecule has 1 amide bonds. The van der Waals surface area contributed by atoms with Crippen molar-refractivity contribution in [2.75, 3.05) is 37.7 Å². The molecule has 3 aromatic carbocycles. The molecule has 0 aromatic heterocycles. The molecule has 0 N–H and O–H groups in total. The Labute approximate surface area is 202 Å². The number of ketones is 1. The molecule has 180 valence electrons. The second-order valence-corrected chi connectivity index (χ2v) is 8.11. The largest absolute Gasteiger partial charge is 0.457 e. The Balaban J connectivity index is 1.25. The Bertz CT molecular complexity index is 1210. The summed E-state index contributed by atoms with van der Waals surface area (Å²) in [5, 5.41) is 0. The number of piperazine rings is 1. The van der Waals surface area contributed by atoms with E-state index >= 15 is 0 Å². The number of anilines is 1. The fourth-order valence-electron chi connectivity index (χ4n) is 3.76. The fraction of sp³-hybridized carbons (Fsp3) is 0.222. The molecule has 35 heavy (non-hydrogen) atoms. The standard InChI is InChI=1S/C27H25FN2O5/c1-19(31)21-9-12-25(24(28)17-21)29-13-15-30(16-14-29)26(32)18-34-27(33)20-7-10-23(11-8-20)35-22-5-3-2-4-6-22/h2-12,17H,13-16,18H2,1H3. The summed E-state index contributed by atoms with van der Waals surface area (Å²) in [6.45, 7) is 2.62. The lowest BCUT2D eigenvalue weighted by Gasteiger charge is -2.36. The van der Waals surface area contributed by atoms with Gasteiger partial charge < -0.3 is 19.3 Å². The minimum atomic E-state index is -0.601. The van der Waals surface area contributed by atoms with Gasteiger partial charge in [0.05, 0.1) is 11.3 Å². The number of carbonyl (C=O) groups excluding carboxylic acids is 3. The van der Waals surface area contributed by atoms with Crippen LogP contribution in [0.4, 0.5) is 10.1 Å². The molecular weight excluding hydrogens is 451 g/mol. The van der Waals surface area contributed by atoms with Crippen molar-refractivity contribution in [2.45, 2.75) is 6.92 Å². The van der Waals surface area contributed by atoms with E-state index in [9.17, 15) is 18.8 Å². The second-order valence-electron chi connectivity index (χ2n) is 8.11. The number of para-hydroxylation sites is 1. The molecule has 0 radical (unpaired) electrons. The van der Waals surface area contributed by atoms with E-state index in [2.05, 4.69) is 0 Å². The Morgan fingerprint density at radius 1 is 0.829 bits per heavy atom. The van der Waals surface area contributed by atoms with Gasteiger partial charge >= 0.3 is 5.97 Å². The van der Waals surface area contributed by atoms with Crippen LogP contribution in [-0.4, -0.2) is 55.3 Å². The number of carbonyl (C=O) groups is 3. The molecule has 3 aromatic rings. The molecule has 8 heteroatoms. The maximum Gasteiger partial charge on any atom is 0.338 e. The minimum absolute atomic E-state index is 0.197. The maximum atomic E-state index is 14.4. The summed E-state index contributed by atoms with van der Waals surface area (Å²) in [6, 6.07) is 20.2. The predicted molar refractivity (Wildman–Crippen MR) is 128 cm³/mol. The van der Waals surface area contributed by atoms with E-state index in [1.165, 1.54) is 13.0 Å². The van der Waals surface area contributed by atoms with Gasteiger partial charge in [-0.25, -0.2) is 9.18 Å². The lowest BCUT2D eigenvalue weighted by atomic mass is 10.1. The fourth-order valence-corrected chi connectivity index (χ4v) is 3.76. The first kappa shape index (κ1) is 23.9. The van der Waals surface area contributed by atoms with Crippen molar-refractivity contribution in [1.82, 2.24) is 4.90 Å². The Morgan fingerprint density at radius 2 is 1.46 bits per heavy atom. The number of esters is 1. The number of ether oxygens (including phenoxy) is 2. The second kappa shape index (κ2) is 10.8. The highest BCUT2D eigenvalue weighted by Crippen LogP contribution is 2.23. The van der Waals surface area contributed by atoms with Crippen LogP contribution in [0.2, 0.25) is 0 Å². The SMILES string of the molecule is CC(=O)c1ccc(N2CCN(C(=O)COC(=O)c3ccc(Oc4ccccc4)cc3)CC2)c(F)c1.